The van der Waals surface area contributed by atoms with Crippen molar-refractivity contribution in [1.29, 1.82) is 0 Å². The third-order valence-corrected chi connectivity index (χ3v) is 5.07. The topological polar surface area (TPSA) is 83.6 Å². The first-order valence-corrected chi connectivity index (χ1v) is 8.00. The molecule has 2 aliphatic heterocycles. The molecule has 1 saturated carbocycles. The predicted octanol–water partition coefficient (Wildman–Crippen LogP) is 2.36. The van der Waals surface area contributed by atoms with E-state index in [1.165, 1.54) is 12.1 Å². The molecule has 3 aliphatic rings. The lowest BCUT2D eigenvalue weighted by Gasteiger charge is -2.46. The van der Waals surface area contributed by atoms with Gasteiger partial charge >= 0.3 is 0 Å². The number of fused-ring (bicyclic) bond motifs is 1. The van der Waals surface area contributed by atoms with Crippen molar-refractivity contribution >= 4 is 11.4 Å². The first-order valence-electron chi connectivity index (χ1n) is 8.00. The number of rotatable bonds is 3. The Balaban J connectivity index is 1.68. The zero-order valence-corrected chi connectivity index (χ0v) is 12.8. The molecule has 1 aromatic carbocycles. The lowest BCUT2D eigenvalue weighted by molar-refractivity contribution is -0.384. The molecule has 2 fully saturated rings. The number of hydrogen-bond acceptors (Lipinski definition) is 7. The highest BCUT2D eigenvalue weighted by Gasteiger charge is 2.56. The molecule has 1 aromatic rings. The highest BCUT2D eigenvalue weighted by atomic mass is 16.6. The highest BCUT2D eigenvalue weighted by Crippen LogP contribution is 2.47. The van der Waals surface area contributed by atoms with Gasteiger partial charge in [0.1, 0.15) is 11.7 Å². The van der Waals surface area contributed by atoms with Crippen molar-refractivity contribution in [1.82, 2.24) is 4.90 Å². The molecule has 4 rings (SSSR count). The van der Waals surface area contributed by atoms with Crippen molar-refractivity contribution in [2.45, 2.75) is 31.0 Å². The Morgan fingerprint density at radius 2 is 2.00 bits per heavy atom. The van der Waals surface area contributed by atoms with Crippen LogP contribution in [-0.4, -0.2) is 47.8 Å². The molecular formula is C15H19N5O3. The first kappa shape index (κ1) is 14.5. The lowest BCUT2D eigenvalue weighted by Crippen LogP contribution is -2.63. The average molecular weight is 317 g/mol. The van der Waals surface area contributed by atoms with Gasteiger partial charge in [0.25, 0.3) is 5.69 Å². The number of ether oxygens (including phenoxy) is 1. The van der Waals surface area contributed by atoms with Crippen molar-refractivity contribution in [2.24, 2.45) is 10.3 Å². The molecule has 2 atom stereocenters. The number of hydrogen-bond donors (Lipinski definition) is 0. The lowest BCUT2D eigenvalue weighted by atomic mass is 10.00. The minimum Gasteiger partial charge on any atom is -0.379 e. The number of non-ortho nitro benzene ring substituents is 1. The van der Waals surface area contributed by atoms with E-state index in [1.54, 1.807) is 12.1 Å². The molecule has 2 heterocycles. The van der Waals surface area contributed by atoms with Crippen LogP contribution in [0.5, 0.6) is 0 Å². The van der Waals surface area contributed by atoms with Gasteiger partial charge in [0.15, 0.2) is 0 Å². The Hall–Kier alpha value is -2.06. The molecule has 0 amide bonds. The molecule has 0 N–H and O–H groups in total. The van der Waals surface area contributed by atoms with Gasteiger partial charge in [0, 0.05) is 25.2 Å². The maximum Gasteiger partial charge on any atom is 0.269 e. The van der Waals surface area contributed by atoms with Gasteiger partial charge in [-0.25, -0.2) is 5.01 Å². The molecule has 0 unspecified atom stereocenters. The summed E-state index contributed by atoms with van der Waals surface area (Å²) >= 11 is 0. The summed E-state index contributed by atoms with van der Waals surface area (Å²) in [6.07, 6.45) is 3.15. The SMILES string of the molecule is O=[N+]([O-])c1ccc(N2N=N[C@H]3CCC[C@@]32N2CCOCC2)cc1. The first-order chi connectivity index (χ1) is 11.2. The molecule has 0 bridgehead atoms. The van der Waals surface area contributed by atoms with Crippen LogP contribution in [0.2, 0.25) is 0 Å². The van der Waals surface area contributed by atoms with E-state index in [9.17, 15) is 10.1 Å². The number of nitro benzene ring substituents is 1. The molecular weight excluding hydrogens is 298 g/mol. The van der Waals surface area contributed by atoms with Crippen LogP contribution in [0.25, 0.3) is 0 Å². The average Bonchev–Trinajstić information content (AvgIpc) is 3.15. The summed E-state index contributed by atoms with van der Waals surface area (Å²) in [6.45, 7) is 3.18. The second-order valence-electron chi connectivity index (χ2n) is 6.18. The van der Waals surface area contributed by atoms with Crippen LogP contribution in [0.1, 0.15) is 19.3 Å². The highest BCUT2D eigenvalue weighted by molar-refractivity contribution is 5.53. The smallest absolute Gasteiger partial charge is 0.269 e. The quantitative estimate of drug-likeness (QED) is 0.631. The zero-order valence-electron chi connectivity index (χ0n) is 12.8. The fraction of sp³-hybridized carbons (Fsp3) is 0.600. The van der Waals surface area contributed by atoms with Crippen molar-refractivity contribution in [3.63, 3.8) is 0 Å². The zero-order chi connectivity index (χ0) is 15.9. The van der Waals surface area contributed by atoms with E-state index in [-0.39, 0.29) is 22.3 Å². The van der Waals surface area contributed by atoms with Crippen LogP contribution in [-0.2, 0) is 4.74 Å². The molecule has 1 saturated heterocycles. The fourth-order valence-electron chi connectivity index (χ4n) is 3.99. The van der Waals surface area contributed by atoms with E-state index in [4.69, 9.17) is 4.74 Å². The van der Waals surface area contributed by atoms with Crippen LogP contribution in [0, 0.1) is 10.1 Å². The molecule has 0 radical (unpaired) electrons. The number of nitrogens with zero attached hydrogens (tertiary/aromatic N) is 5. The van der Waals surface area contributed by atoms with Gasteiger partial charge in [-0.1, -0.05) is 5.22 Å². The van der Waals surface area contributed by atoms with Gasteiger partial charge in [-0.2, -0.15) is 5.11 Å². The number of morpholine rings is 1. The predicted molar refractivity (Wildman–Crippen MR) is 83.2 cm³/mol. The Bertz CT molecular complexity index is 629. The van der Waals surface area contributed by atoms with Crippen LogP contribution in [0.4, 0.5) is 11.4 Å². The van der Waals surface area contributed by atoms with Crippen molar-refractivity contribution in [3.05, 3.63) is 34.4 Å². The van der Waals surface area contributed by atoms with Crippen molar-refractivity contribution in [3.8, 4) is 0 Å². The van der Waals surface area contributed by atoms with Gasteiger partial charge in [-0.05, 0) is 31.4 Å². The van der Waals surface area contributed by atoms with E-state index in [1.807, 2.05) is 5.01 Å². The minimum atomic E-state index is -0.384. The summed E-state index contributed by atoms with van der Waals surface area (Å²) in [5.41, 5.74) is 0.712. The third-order valence-electron chi connectivity index (χ3n) is 5.07. The van der Waals surface area contributed by atoms with Crippen LogP contribution in [0.15, 0.2) is 34.6 Å². The number of nitro groups is 1. The summed E-state index contributed by atoms with van der Waals surface area (Å²) in [5.74, 6) is 0. The summed E-state index contributed by atoms with van der Waals surface area (Å²) in [6, 6.07) is 6.75. The molecule has 0 aromatic heterocycles. The Kier molecular flexibility index (Phi) is 3.50. The second kappa shape index (κ2) is 5.54. The molecule has 8 heteroatoms. The van der Waals surface area contributed by atoms with Crippen LogP contribution < -0.4 is 5.01 Å². The molecule has 8 nitrogen and oxygen atoms in total. The summed E-state index contributed by atoms with van der Waals surface area (Å²) < 4.78 is 5.49. The molecule has 122 valence electrons. The van der Waals surface area contributed by atoms with Gasteiger partial charge in [-0.15, -0.1) is 0 Å². The fourth-order valence-corrected chi connectivity index (χ4v) is 3.99. The van der Waals surface area contributed by atoms with E-state index >= 15 is 0 Å². The van der Waals surface area contributed by atoms with Crippen molar-refractivity contribution < 1.29 is 9.66 Å². The minimum absolute atomic E-state index is 0.0910. The number of anilines is 1. The summed E-state index contributed by atoms with van der Waals surface area (Å²) in [5, 5.41) is 21.7. The summed E-state index contributed by atoms with van der Waals surface area (Å²) in [4.78, 5) is 12.9. The van der Waals surface area contributed by atoms with Gasteiger partial charge in [-0.3, -0.25) is 15.0 Å². The third kappa shape index (κ3) is 2.21. The molecule has 0 spiro atoms. The van der Waals surface area contributed by atoms with Gasteiger partial charge in [0.2, 0.25) is 0 Å². The van der Waals surface area contributed by atoms with Crippen LogP contribution >= 0.6 is 0 Å². The molecule has 1 aliphatic carbocycles. The molecule has 23 heavy (non-hydrogen) atoms. The van der Waals surface area contributed by atoms with Crippen molar-refractivity contribution in [2.75, 3.05) is 31.3 Å². The summed E-state index contributed by atoms with van der Waals surface area (Å²) in [7, 11) is 0. The number of benzene rings is 1. The monoisotopic (exact) mass is 317 g/mol. The normalized spacial score (nSPS) is 30.6. The maximum absolute atomic E-state index is 10.9. The van der Waals surface area contributed by atoms with E-state index in [2.05, 4.69) is 15.2 Å². The van der Waals surface area contributed by atoms with E-state index in [0.29, 0.717) is 0 Å². The maximum atomic E-state index is 10.9. The van der Waals surface area contributed by atoms with E-state index in [0.717, 1.165) is 51.3 Å². The Labute approximate surface area is 133 Å². The van der Waals surface area contributed by atoms with Gasteiger partial charge in [0.05, 0.1) is 23.8 Å². The standard InChI is InChI=1S/C15H19N5O3/c21-20(22)13-5-3-12(4-6-13)19-15(18-8-10-23-11-9-18)7-1-2-14(15)16-17-19/h3-6,14H,1-2,7-11H2/t14-,15-/m0/s1. The Morgan fingerprint density at radius 3 is 2.70 bits per heavy atom. The van der Waals surface area contributed by atoms with Crippen LogP contribution in [0.3, 0.4) is 0 Å². The Morgan fingerprint density at radius 1 is 1.26 bits per heavy atom. The van der Waals surface area contributed by atoms with E-state index < -0.39 is 0 Å². The van der Waals surface area contributed by atoms with Gasteiger partial charge < -0.3 is 4.74 Å². The largest absolute Gasteiger partial charge is 0.379 e. The second-order valence-corrected chi connectivity index (χ2v) is 6.18.